The summed E-state index contributed by atoms with van der Waals surface area (Å²) in [5.74, 6) is 0. The summed E-state index contributed by atoms with van der Waals surface area (Å²) in [6.07, 6.45) is 1.97. The van der Waals surface area contributed by atoms with E-state index in [9.17, 15) is 5.21 Å². The number of halogens is 1. The van der Waals surface area contributed by atoms with E-state index in [4.69, 9.17) is 11.6 Å². The van der Waals surface area contributed by atoms with Crippen LogP contribution in [0.25, 0.3) is 0 Å². The van der Waals surface area contributed by atoms with Gasteiger partial charge >= 0.3 is 0 Å². The molecule has 18 heavy (non-hydrogen) atoms. The van der Waals surface area contributed by atoms with Crippen LogP contribution in [0.2, 0.25) is 5.02 Å². The first kappa shape index (κ1) is 13.7. The number of hydrogen-bond acceptors (Lipinski definition) is 3. The van der Waals surface area contributed by atoms with Gasteiger partial charge in [0.05, 0.1) is 5.54 Å². The summed E-state index contributed by atoms with van der Waals surface area (Å²) in [6, 6.07) is 3.97. The van der Waals surface area contributed by atoms with E-state index in [1.165, 1.54) is 5.06 Å². The molecule has 1 aliphatic rings. The number of rotatable bonds is 1. The van der Waals surface area contributed by atoms with Crippen LogP contribution in [0.5, 0.6) is 0 Å². The van der Waals surface area contributed by atoms with Gasteiger partial charge in [-0.25, -0.2) is 0 Å². The molecule has 0 bridgehead atoms. The second kappa shape index (κ2) is 4.72. The lowest BCUT2D eigenvalue weighted by Gasteiger charge is -2.36. The molecule has 1 aliphatic heterocycles. The minimum atomic E-state index is -0.352. The van der Waals surface area contributed by atoms with Crippen LogP contribution in [0.3, 0.4) is 0 Å². The van der Waals surface area contributed by atoms with Crippen LogP contribution in [0.4, 0.5) is 5.69 Å². The average molecular weight is 269 g/mol. The van der Waals surface area contributed by atoms with E-state index in [0.717, 1.165) is 41.2 Å². The average Bonchev–Trinajstić information content (AvgIpc) is 2.43. The fraction of sp³-hybridized carbons (Fsp3) is 0.571. The molecule has 4 heteroatoms. The Bertz CT molecular complexity index is 461. The molecule has 1 N–H and O–H groups in total. The van der Waals surface area contributed by atoms with Crippen LogP contribution in [-0.2, 0) is 5.54 Å². The lowest BCUT2D eigenvalue weighted by Crippen LogP contribution is -2.39. The number of hydrogen-bond donors (Lipinski definition) is 1. The van der Waals surface area contributed by atoms with Gasteiger partial charge in [-0.1, -0.05) is 17.7 Å². The first-order valence-electron chi connectivity index (χ1n) is 6.31. The van der Waals surface area contributed by atoms with Crippen molar-refractivity contribution in [2.24, 2.45) is 0 Å². The topological polar surface area (TPSA) is 26.7 Å². The molecule has 0 aliphatic carbocycles. The van der Waals surface area contributed by atoms with Gasteiger partial charge < -0.3 is 10.1 Å². The third-order valence-electron chi connectivity index (χ3n) is 4.20. The molecule has 1 aromatic carbocycles. The first-order valence-corrected chi connectivity index (χ1v) is 6.69. The molecule has 2 rings (SSSR count). The SMILES string of the molecule is Cc1c(Cl)ccc2c1N(C)CCCC2(C)N(C)O. The van der Waals surface area contributed by atoms with Gasteiger partial charge in [0.25, 0.3) is 0 Å². The number of benzene rings is 1. The summed E-state index contributed by atoms with van der Waals surface area (Å²) in [4.78, 5) is 2.24. The van der Waals surface area contributed by atoms with E-state index >= 15 is 0 Å². The van der Waals surface area contributed by atoms with Crippen LogP contribution >= 0.6 is 11.6 Å². The summed E-state index contributed by atoms with van der Waals surface area (Å²) in [5.41, 5.74) is 3.04. The molecule has 0 amide bonds. The third kappa shape index (κ3) is 2.00. The molecule has 0 spiro atoms. The predicted molar refractivity (Wildman–Crippen MR) is 75.6 cm³/mol. The van der Waals surface area contributed by atoms with Gasteiger partial charge in [-0.15, -0.1) is 0 Å². The molecule has 1 unspecified atom stereocenters. The van der Waals surface area contributed by atoms with Gasteiger partial charge in [-0.05, 0) is 43.9 Å². The Morgan fingerprint density at radius 3 is 2.72 bits per heavy atom. The zero-order valence-electron chi connectivity index (χ0n) is 11.5. The second-order valence-corrected chi connectivity index (χ2v) is 5.80. The van der Waals surface area contributed by atoms with Gasteiger partial charge in [-0.2, -0.15) is 5.06 Å². The molecule has 0 aromatic heterocycles. The monoisotopic (exact) mass is 268 g/mol. The quantitative estimate of drug-likeness (QED) is 0.791. The van der Waals surface area contributed by atoms with Crippen LogP contribution in [0.15, 0.2) is 12.1 Å². The molecule has 0 fully saturated rings. The Labute approximate surface area is 114 Å². The lowest BCUT2D eigenvalue weighted by atomic mass is 9.86. The van der Waals surface area contributed by atoms with Gasteiger partial charge in [0, 0.05) is 31.4 Å². The van der Waals surface area contributed by atoms with Crippen molar-refractivity contribution < 1.29 is 5.21 Å². The largest absolute Gasteiger partial charge is 0.374 e. The normalized spacial score (nSPS) is 24.1. The first-order chi connectivity index (χ1) is 8.38. The van der Waals surface area contributed by atoms with Crippen molar-refractivity contribution in [1.82, 2.24) is 5.06 Å². The molecule has 1 atom stereocenters. The summed E-state index contributed by atoms with van der Waals surface area (Å²) in [7, 11) is 3.81. The number of nitrogens with zero attached hydrogens (tertiary/aromatic N) is 2. The molecule has 3 nitrogen and oxygen atoms in total. The summed E-state index contributed by atoms with van der Waals surface area (Å²) in [6.45, 7) is 5.11. The van der Waals surface area contributed by atoms with Crippen molar-refractivity contribution in [3.63, 3.8) is 0 Å². The van der Waals surface area contributed by atoms with Crippen molar-refractivity contribution in [1.29, 1.82) is 0 Å². The summed E-state index contributed by atoms with van der Waals surface area (Å²) in [5, 5.41) is 12.2. The van der Waals surface area contributed by atoms with Gasteiger partial charge in [0.2, 0.25) is 0 Å². The fourth-order valence-electron chi connectivity index (χ4n) is 2.85. The molecular weight excluding hydrogens is 248 g/mol. The molecule has 1 aromatic rings. The Morgan fingerprint density at radius 1 is 1.44 bits per heavy atom. The molecular formula is C14H21ClN2O. The van der Waals surface area contributed by atoms with Crippen LogP contribution in [-0.4, -0.2) is 30.9 Å². The Morgan fingerprint density at radius 2 is 2.11 bits per heavy atom. The van der Waals surface area contributed by atoms with E-state index in [1.807, 2.05) is 19.1 Å². The van der Waals surface area contributed by atoms with E-state index in [-0.39, 0.29) is 5.54 Å². The number of hydroxylamine groups is 2. The summed E-state index contributed by atoms with van der Waals surface area (Å²) < 4.78 is 0. The fourth-order valence-corrected chi connectivity index (χ4v) is 3.00. The zero-order valence-corrected chi connectivity index (χ0v) is 12.3. The molecule has 1 heterocycles. The highest BCUT2D eigenvalue weighted by atomic mass is 35.5. The van der Waals surface area contributed by atoms with Gasteiger partial charge in [0.1, 0.15) is 0 Å². The number of fused-ring (bicyclic) bond motifs is 1. The lowest BCUT2D eigenvalue weighted by molar-refractivity contribution is -0.153. The smallest absolute Gasteiger partial charge is 0.0698 e. The maximum atomic E-state index is 10.0. The van der Waals surface area contributed by atoms with Gasteiger partial charge in [-0.3, -0.25) is 0 Å². The van der Waals surface area contributed by atoms with E-state index in [1.54, 1.807) is 7.05 Å². The van der Waals surface area contributed by atoms with Gasteiger partial charge in [0.15, 0.2) is 0 Å². The van der Waals surface area contributed by atoms with Crippen molar-refractivity contribution >= 4 is 17.3 Å². The highest BCUT2D eigenvalue weighted by Crippen LogP contribution is 2.43. The molecule has 0 radical (unpaired) electrons. The highest BCUT2D eigenvalue weighted by molar-refractivity contribution is 6.31. The zero-order chi connectivity index (χ0) is 13.5. The molecule has 0 saturated heterocycles. The molecule has 0 saturated carbocycles. The molecule has 100 valence electrons. The highest BCUT2D eigenvalue weighted by Gasteiger charge is 2.36. The number of anilines is 1. The third-order valence-corrected chi connectivity index (χ3v) is 4.61. The maximum absolute atomic E-state index is 10.0. The van der Waals surface area contributed by atoms with Crippen LogP contribution in [0.1, 0.15) is 30.9 Å². The second-order valence-electron chi connectivity index (χ2n) is 5.39. The van der Waals surface area contributed by atoms with Crippen LogP contribution in [0, 0.1) is 6.92 Å². The van der Waals surface area contributed by atoms with Crippen molar-refractivity contribution in [2.75, 3.05) is 25.5 Å². The Balaban J connectivity index is 2.68. The van der Waals surface area contributed by atoms with Crippen molar-refractivity contribution in [3.8, 4) is 0 Å². The van der Waals surface area contributed by atoms with Crippen molar-refractivity contribution in [3.05, 3.63) is 28.3 Å². The Hall–Kier alpha value is -0.770. The van der Waals surface area contributed by atoms with Crippen molar-refractivity contribution in [2.45, 2.75) is 32.2 Å². The minimum Gasteiger partial charge on any atom is -0.374 e. The van der Waals surface area contributed by atoms with E-state index < -0.39 is 0 Å². The standard InChI is InChI=1S/C14H21ClN2O/c1-10-12(15)7-6-11-13(10)16(3)9-5-8-14(11,2)17(4)18/h6-7,18H,5,8-9H2,1-4H3. The Kier molecular flexibility index (Phi) is 3.58. The maximum Gasteiger partial charge on any atom is 0.0698 e. The summed E-state index contributed by atoms with van der Waals surface area (Å²) >= 11 is 6.23. The predicted octanol–water partition coefficient (Wildman–Crippen LogP) is 3.41. The minimum absolute atomic E-state index is 0.352. The van der Waals surface area contributed by atoms with E-state index in [0.29, 0.717) is 0 Å². The van der Waals surface area contributed by atoms with E-state index in [2.05, 4.69) is 18.9 Å². The van der Waals surface area contributed by atoms with Crippen LogP contribution < -0.4 is 4.90 Å².